The van der Waals surface area contributed by atoms with Crippen LogP contribution in [0.25, 0.3) is 16.8 Å². The second-order valence-corrected chi connectivity index (χ2v) is 12.1. The number of aromatic nitrogens is 5. The maximum atomic E-state index is 16.1. The highest BCUT2D eigenvalue weighted by atomic mass is 19.4. The zero-order chi connectivity index (χ0) is 32.7. The van der Waals surface area contributed by atoms with E-state index in [-0.39, 0.29) is 75.4 Å². The van der Waals surface area contributed by atoms with Crippen LogP contribution in [0.5, 0.6) is 5.75 Å². The van der Waals surface area contributed by atoms with Gasteiger partial charge in [-0.2, -0.15) is 22.7 Å². The molecule has 1 spiro atoms. The van der Waals surface area contributed by atoms with Gasteiger partial charge >= 0.3 is 6.18 Å². The molecule has 2 saturated heterocycles. The van der Waals surface area contributed by atoms with Crippen molar-refractivity contribution >= 4 is 29.0 Å². The highest BCUT2D eigenvalue weighted by Gasteiger charge is 2.60. The van der Waals surface area contributed by atoms with Crippen LogP contribution in [-0.2, 0) is 18.0 Å². The van der Waals surface area contributed by atoms with Crippen molar-refractivity contribution in [2.24, 2.45) is 12.5 Å². The van der Waals surface area contributed by atoms with Crippen LogP contribution in [0.3, 0.4) is 0 Å². The average molecular weight is 645 g/mol. The fourth-order valence-electron chi connectivity index (χ4n) is 7.06. The number of halogens is 5. The summed E-state index contributed by atoms with van der Waals surface area (Å²) in [4.78, 5) is 36.4. The molecule has 2 atom stereocenters. The molecule has 1 saturated carbocycles. The van der Waals surface area contributed by atoms with Gasteiger partial charge in [0.2, 0.25) is 11.9 Å². The third-order valence-corrected chi connectivity index (χ3v) is 9.30. The number of rotatable bonds is 6. The summed E-state index contributed by atoms with van der Waals surface area (Å²) in [6.07, 6.45) is 0.134. The molecule has 1 aromatic carbocycles. The van der Waals surface area contributed by atoms with Crippen LogP contribution in [0.15, 0.2) is 24.4 Å². The Labute approximate surface area is 258 Å². The normalized spacial score (nSPS) is 20.4. The highest BCUT2D eigenvalue weighted by molar-refractivity contribution is 6.05. The van der Waals surface area contributed by atoms with E-state index >= 15 is 8.78 Å². The summed E-state index contributed by atoms with van der Waals surface area (Å²) in [5, 5.41) is 5.92. The van der Waals surface area contributed by atoms with Gasteiger partial charge in [-0.25, -0.2) is 14.4 Å². The molecule has 16 heteroatoms. The summed E-state index contributed by atoms with van der Waals surface area (Å²) in [7, 11) is 1.07. The number of nitrogens with zero attached hydrogens (tertiary/aromatic N) is 6. The number of imidazole rings is 1. The molecular weight excluding hydrogens is 615 g/mol. The molecule has 3 fully saturated rings. The number of benzene rings is 1. The number of amides is 2. The topological polar surface area (TPSA) is 133 Å². The van der Waals surface area contributed by atoms with Crippen molar-refractivity contribution in [1.29, 1.82) is 0 Å². The van der Waals surface area contributed by atoms with E-state index in [1.54, 1.807) is 6.92 Å². The molecule has 2 amide bonds. The van der Waals surface area contributed by atoms with Crippen molar-refractivity contribution in [2.45, 2.75) is 57.2 Å². The number of fused-ring (bicyclic) bond motifs is 3. The van der Waals surface area contributed by atoms with Gasteiger partial charge in [-0.3, -0.25) is 18.7 Å². The van der Waals surface area contributed by atoms with Gasteiger partial charge in [0, 0.05) is 43.6 Å². The lowest BCUT2D eigenvalue weighted by atomic mass is 9.86. The number of alkyl halides is 3. The van der Waals surface area contributed by atoms with Crippen LogP contribution < -0.4 is 15.8 Å². The molecule has 1 aliphatic carbocycles. The fourth-order valence-corrected chi connectivity index (χ4v) is 7.06. The first-order valence-corrected chi connectivity index (χ1v) is 14.8. The number of nitrogens with one attached hydrogen (secondary N) is 1. The van der Waals surface area contributed by atoms with Crippen molar-refractivity contribution in [3.8, 4) is 17.0 Å². The van der Waals surface area contributed by atoms with Gasteiger partial charge in [0.25, 0.3) is 5.91 Å². The number of hydrogen-bond donors (Lipinski definition) is 2. The first-order chi connectivity index (χ1) is 21.8. The first-order valence-electron chi connectivity index (χ1n) is 14.8. The second kappa shape index (κ2) is 10.4. The molecule has 0 radical (unpaired) electrons. The number of piperidine rings is 1. The monoisotopic (exact) mass is 644 g/mol. The molecule has 7 rings (SSSR count). The van der Waals surface area contributed by atoms with E-state index < -0.39 is 29.5 Å². The molecule has 46 heavy (non-hydrogen) atoms. The standard InChI is InChI=1S/C30H29F5N8O3/c1-3-46-17-9-15(28(45)38-21-10-19(30(33,34)35)41(2)40-21)8-16(31)23(17)24-25-26(36)37-12-20(32)43(25)27(39-24)14-4-5-18-29(6-7-29)11-22(44)42(18)13-14/h8-10,12,14,18H,3-7,11,13H2,1-2H3,(H2,36,37)(H,38,40,45). The molecule has 242 valence electrons. The third kappa shape index (κ3) is 4.72. The SMILES string of the molecule is CCOc1cc(C(=O)Nc2cc(C(F)(F)F)n(C)n2)cc(F)c1-c1nc(C2CCC3N(C2)C(=O)CC32CC2)n2c(F)cnc(N)c12. The number of anilines is 2. The maximum Gasteiger partial charge on any atom is 0.433 e. The molecule has 0 bridgehead atoms. The van der Waals surface area contributed by atoms with Crippen molar-refractivity contribution in [1.82, 2.24) is 29.0 Å². The third-order valence-electron chi connectivity index (χ3n) is 9.30. The number of carbonyl (C=O) groups is 2. The Morgan fingerprint density at radius 2 is 1.96 bits per heavy atom. The quantitative estimate of drug-likeness (QED) is 0.285. The van der Waals surface area contributed by atoms with Crippen LogP contribution in [0.1, 0.15) is 66.8 Å². The lowest BCUT2D eigenvalue weighted by Gasteiger charge is -2.37. The largest absolute Gasteiger partial charge is 0.493 e. The van der Waals surface area contributed by atoms with E-state index in [0.717, 1.165) is 38.6 Å². The second-order valence-electron chi connectivity index (χ2n) is 12.1. The van der Waals surface area contributed by atoms with Crippen molar-refractivity contribution < 1.29 is 36.3 Å². The molecule has 3 N–H and O–H groups in total. The van der Waals surface area contributed by atoms with Gasteiger partial charge in [-0.15, -0.1) is 0 Å². The number of carbonyl (C=O) groups excluding carboxylic acids is 2. The van der Waals surface area contributed by atoms with Crippen LogP contribution in [-0.4, -0.2) is 60.1 Å². The Hall–Kier alpha value is -4.76. The molecule has 11 nitrogen and oxygen atoms in total. The number of hydrogen-bond acceptors (Lipinski definition) is 7. The maximum absolute atomic E-state index is 16.1. The lowest BCUT2D eigenvalue weighted by Crippen LogP contribution is -2.43. The predicted octanol–water partition coefficient (Wildman–Crippen LogP) is 4.92. The lowest BCUT2D eigenvalue weighted by molar-refractivity contribution is -0.143. The van der Waals surface area contributed by atoms with Crippen molar-refractivity contribution in [3.05, 3.63) is 53.2 Å². The minimum absolute atomic E-state index is 0.00578. The van der Waals surface area contributed by atoms with Crippen LogP contribution in [0.4, 0.5) is 33.6 Å². The summed E-state index contributed by atoms with van der Waals surface area (Å²) < 4.78 is 78.7. The van der Waals surface area contributed by atoms with E-state index in [4.69, 9.17) is 15.5 Å². The van der Waals surface area contributed by atoms with Crippen molar-refractivity contribution in [2.75, 3.05) is 24.2 Å². The summed E-state index contributed by atoms with van der Waals surface area (Å²) in [5.41, 5.74) is 4.62. The fraction of sp³-hybridized carbons (Fsp3) is 0.433. The molecule has 3 aromatic heterocycles. The van der Waals surface area contributed by atoms with Crippen LogP contribution in [0.2, 0.25) is 0 Å². The van der Waals surface area contributed by atoms with Crippen molar-refractivity contribution in [3.63, 3.8) is 0 Å². The number of nitrogens with two attached hydrogens (primary N) is 1. The zero-order valence-corrected chi connectivity index (χ0v) is 24.8. The van der Waals surface area contributed by atoms with E-state index in [1.807, 2.05) is 4.90 Å². The Bertz CT molecular complexity index is 1910. The summed E-state index contributed by atoms with van der Waals surface area (Å²) in [5.74, 6) is -3.41. The van der Waals surface area contributed by atoms with E-state index in [2.05, 4.69) is 15.4 Å². The molecule has 3 aliphatic rings. The number of ether oxygens (including phenoxy) is 1. The Kier molecular flexibility index (Phi) is 6.76. The molecule has 2 unspecified atom stereocenters. The Balaban J connectivity index is 1.28. The zero-order valence-electron chi connectivity index (χ0n) is 24.8. The van der Waals surface area contributed by atoms with Gasteiger partial charge in [0.1, 0.15) is 40.1 Å². The van der Waals surface area contributed by atoms with E-state index in [1.165, 1.54) is 10.5 Å². The Morgan fingerprint density at radius 3 is 2.63 bits per heavy atom. The van der Waals surface area contributed by atoms with Gasteiger partial charge in [-0.05, 0) is 50.2 Å². The molecular formula is C30H29F5N8O3. The minimum Gasteiger partial charge on any atom is -0.493 e. The summed E-state index contributed by atoms with van der Waals surface area (Å²) >= 11 is 0. The van der Waals surface area contributed by atoms with Crippen LogP contribution >= 0.6 is 0 Å². The Morgan fingerprint density at radius 1 is 1.20 bits per heavy atom. The van der Waals surface area contributed by atoms with Gasteiger partial charge in [-0.1, -0.05) is 0 Å². The smallest absolute Gasteiger partial charge is 0.433 e. The predicted molar refractivity (Wildman–Crippen MR) is 154 cm³/mol. The first kappa shape index (κ1) is 29.9. The van der Waals surface area contributed by atoms with Gasteiger partial charge < -0.3 is 20.7 Å². The molecule has 4 aromatic rings. The summed E-state index contributed by atoms with van der Waals surface area (Å²) in [6.45, 7) is 2.00. The molecule has 2 aliphatic heterocycles. The minimum atomic E-state index is -4.70. The van der Waals surface area contributed by atoms with Gasteiger partial charge in [0.15, 0.2) is 5.82 Å². The summed E-state index contributed by atoms with van der Waals surface area (Å²) in [6, 6.07) is 2.88. The number of nitrogen functional groups attached to an aromatic ring is 1. The van der Waals surface area contributed by atoms with E-state index in [9.17, 15) is 22.8 Å². The average Bonchev–Trinajstić information content (AvgIpc) is 3.36. The van der Waals surface area contributed by atoms with Crippen LogP contribution in [0, 0.1) is 17.2 Å². The molecule has 5 heterocycles. The number of aryl methyl sites for hydroxylation is 1. The van der Waals surface area contributed by atoms with Gasteiger partial charge in [0.05, 0.1) is 18.4 Å². The van der Waals surface area contributed by atoms with E-state index in [0.29, 0.717) is 30.1 Å². The highest BCUT2D eigenvalue weighted by Crippen LogP contribution is 2.60.